The predicted molar refractivity (Wildman–Crippen MR) is 125 cm³/mol. The molecule has 0 N–H and O–H groups in total. The summed E-state index contributed by atoms with van der Waals surface area (Å²) in [6.07, 6.45) is 6.59. The Hall–Kier alpha value is -3.19. The highest BCUT2D eigenvalue weighted by Gasteiger charge is 2.41. The Morgan fingerprint density at radius 2 is 1.91 bits per heavy atom. The average Bonchev–Trinajstić information content (AvgIpc) is 2.80. The van der Waals surface area contributed by atoms with E-state index in [0.717, 1.165) is 30.6 Å². The molecule has 2 aromatic carbocycles. The lowest BCUT2D eigenvalue weighted by atomic mass is 10.0. The summed E-state index contributed by atoms with van der Waals surface area (Å²) in [5.74, 6) is 0.401. The third-order valence-electron chi connectivity index (χ3n) is 5.33. The normalized spacial score (nSPS) is 14.9. The van der Waals surface area contributed by atoms with Crippen LogP contribution >= 0.6 is 11.8 Å². The fraction of sp³-hybridized carbons (Fsp3) is 0.280. The van der Waals surface area contributed by atoms with Crippen LogP contribution in [0.1, 0.15) is 44.8 Å². The lowest BCUT2D eigenvalue weighted by molar-refractivity contribution is -0.762. The molecule has 6 nitrogen and oxygen atoms in total. The van der Waals surface area contributed by atoms with E-state index in [4.69, 9.17) is 5.10 Å². The average molecular weight is 447 g/mol. The zero-order valence-corrected chi connectivity index (χ0v) is 19.1. The van der Waals surface area contributed by atoms with Gasteiger partial charge in [-0.1, -0.05) is 84.7 Å². The number of carbonyl (C=O) groups excluding carboxylic acids is 1. The maximum atomic E-state index is 13.1. The van der Waals surface area contributed by atoms with Gasteiger partial charge in [0.15, 0.2) is 0 Å². The van der Waals surface area contributed by atoms with E-state index in [1.807, 2.05) is 66.7 Å². The second-order valence-corrected chi connectivity index (χ2v) is 8.70. The lowest BCUT2D eigenvalue weighted by Gasteiger charge is -2.31. The standard InChI is InChI=1S/C25H26N4O2S/c1-3-4-10-17-32-25-26-24(31)23-20-13-8-9-14-21(20)28(18(2)30)22(29(23)27-25)16-15-19-11-6-5-7-12-19/h5-9,11-16,22H,3-4,10,17H2,1-2H3/b16-15+. The molecule has 1 aliphatic heterocycles. The van der Waals surface area contributed by atoms with Gasteiger partial charge in [0.05, 0.1) is 17.1 Å². The SMILES string of the molecule is CCCCCSc1nc([O-])c2[n+](n1)C(/C=C/c1ccccc1)N(C(C)=O)c1ccccc1-2. The van der Waals surface area contributed by atoms with E-state index in [-0.39, 0.29) is 11.8 Å². The van der Waals surface area contributed by atoms with Gasteiger partial charge in [0.1, 0.15) is 0 Å². The van der Waals surface area contributed by atoms with Gasteiger partial charge in [0, 0.05) is 23.9 Å². The number of hydrogen-bond donors (Lipinski definition) is 0. The van der Waals surface area contributed by atoms with Crippen LogP contribution in [0.5, 0.6) is 5.88 Å². The maximum absolute atomic E-state index is 13.1. The van der Waals surface area contributed by atoms with Crippen LogP contribution in [0.3, 0.4) is 0 Å². The molecule has 0 saturated carbocycles. The van der Waals surface area contributed by atoms with Crippen LogP contribution in [-0.2, 0) is 4.79 Å². The molecular formula is C25H26N4O2S. The summed E-state index contributed by atoms with van der Waals surface area (Å²) in [6, 6.07) is 17.3. The van der Waals surface area contributed by atoms with Crippen molar-refractivity contribution in [2.24, 2.45) is 0 Å². The van der Waals surface area contributed by atoms with E-state index < -0.39 is 6.17 Å². The van der Waals surface area contributed by atoms with Crippen molar-refractivity contribution in [2.75, 3.05) is 10.7 Å². The number of fused-ring (bicyclic) bond motifs is 3. The first kappa shape index (κ1) is 22.0. The molecule has 0 spiro atoms. The molecule has 0 saturated heterocycles. The zero-order chi connectivity index (χ0) is 22.5. The summed E-state index contributed by atoms with van der Waals surface area (Å²) in [5.41, 5.74) is 2.76. The Balaban J connectivity index is 1.82. The molecule has 2 heterocycles. The van der Waals surface area contributed by atoms with Gasteiger partial charge in [-0.15, -0.1) is 0 Å². The molecule has 4 rings (SSSR count). The third-order valence-corrected chi connectivity index (χ3v) is 6.26. The number of aromatic nitrogens is 3. The highest BCUT2D eigenvalue weighted by atomic mass is 32.2. The van der Waals surface area contributed by atoms with E-state index in [9.17, 15) is 9.90 Å². The molecule has 164 valence electrons. The van der Waals surface area contributed by atoms with Crippen molar-refractivity contribution in [3.63, 3.8) is 0 Å². The van der Waals surface area contributed by atoms with Crippen LogP contribution in [0.15, 0.2) is 65.8 Å². The summed E-state index contributed by atoms with van der Waals surface area (Å²) in [6.45, 7) is 3.69. The topological polar surface area (TPSA) is 73.0 Å². The van der Waals surface area contributed by atoms with Gasteiger partial charge in [0.2, 0.25) is 5.91 Å². The lowest BCUT2D eigenvalue weighted by Crippen LogP contribution is -2.57. The van der Waals surface area contributed by atoms with Crippen LogP contribution in [0.4, 0.5) is 5.69 Å². The van der Waals surface area contributed by atoms with Crippen molar-refractivity contribution in [1.29, 1.82) is 0 Å². The van der Waals surface area contributed by atoms with Crippen molar-refractivity contribution in [3.05, 3.63) is 66.2 Å². The minimum absolute atomic E-state index is 0.124. The Morgan fingerprint density at radius 3 is 2.66 bits per heavy atom. The number of anilines is 1. The quantitative estimate of drug-likeness (QED) is 0.306. The van der Waals surface area contributed by atoms with Gasteiger partial charge >= 0.3 is 0 Å². The number of para-hydroxylation sites is 1. The summed E-state index contributed by atoms with van der Waals surface area (Å²) in [7, 11) is 0. The van der Waals surface area contributed by atoms with E-state index >= 15 is 0 Å². The molecule has 32 heavy (non-hydrogen) atoms. The molecule has 1 atom stereocenters. The van der Waals surface area contributed by atoms with Gasteiger partial charge in [-0.3, -0.25) is 4.79 Å². The second kappa shape index (κ2) is 9.96. The van der Waals surface area contributed by atoms with Gasteiger partial charge < -0.3 is 5.11 Å². The van der Waals surface area contributed by atoms with Gasteiger partial charge in [-0.2, -0.15) is 0 Å². The van der Waals surface area contributed by atoms with Crippen LogP contribution in [0, 0.1) is 0 Å². The van der Waals surface area contributed by atoms with E-state index in [1.54, 1.807) is 9.58 Å². The number of hydrogen-bond acceptors (Lipinski definition) is 5. The monoisotopic (exact) mass is 446 g/mol. The van der Waals surface area contributed by atoms with Crippen LogP contribution in [-0.4, -0.2) is 21.7 Å². The highest BCUT2D eigenvalue weighted by molar-refractivity contribution is 7.99. The number of unbranched alkanes of at least 4 members (excludes halogenated alkanes) is 2. The van der Waals surface area contributed by atoms with Crippen molar-refractivity contribution in [1.82, 2.24) is 10.1 Å². The van der Waals surface area contributed by atoms with Gasteiger partial charge in [-0.05, 0) is 24.1 Å². The van der Waals surface area contributed by atoms with Crippen molar-refractivity contribution < 1.29 is 14.6 Å². The number of thioether (sulfide) groups is 1. The first-order valence-electron chi connectivity index (χ1n) is 10.9. The first-order valence-corrected chi connectivity index (χ1v) is 11.8. The van der Waals surface area contributed by atoms with E-state index in [1.165, 1.54) is 18.7 Å². The Kier molecular flexibility index (Phi) is 6.85. The fourth-order valence-corrected chi connectivity index (χ4v) is 4.65. The number of nitrogens with zero attached hydrogens (tertiary/aromatic N) is 4. The summed E-state index contributed by atoms with van der Waals surface area (Å²) >= 11 is 1.48. The smallest absolute Gasteiger partial charge is 0.286 e. The zero-order valence-electron chi connectivity index (χ0n) is 18.3. The molecule has 0 fully saturated rings. The van der Waals surface area contributed by atoms with Crippen LogP contribution < -0.4 is 14.7 Å². The molecule has 1 aromatic heterocycles. The highest BCUT2D eigenvalue weighted by Crippen LogP contribution is 2.39. The Bertz CT molecular complexity index is 1130. The second-order valence-electron chi connectivity index (χ2n) is 7.64. The first-order chi connectivity index (χ1) is 15.6. The molecule has 7 heteroatoms. The number of benzene rings is 2. The minimum atomic E-state index is -0.566. The summed E-state index contributed by atoms with van der Waals surface area (Å²) in [5, 5.41) is 18.3. The third kappa shape index (κ3) is 4.53. The summed E-state index contributed by atoms with van der Waals surface area (Å²) < 4.78 is 1.65. The molecule has 1 aliphatic rings. The predicted octanol–water partition coefficient (Wildman–Crippen LogP) is 4.37. The Morgan fingerprint density at radius 1 is 1.16 bits per heavy atom. The van der Waals surface area contributed by atoms with E-state index in [0.29, 0.717) is 22.1 Å². The fourth-order valence-electron chi connectivity index (χ4n) is 3.83. The van der Waals surface area contributed by atoms with E-state index in [2.05, 4.69) is 11.9 Å². The molecule has 1 unspecified atom stereocenters. The van der Waals surface area contributed by atoms with Crippen molar-refractivity contribution in [3.8, 4) is 17.1 Å². The largest absolute Gasteiger partial charge is 0.854 e. The molecule has 1 amide bonds. The van der Waals surface area contributed by atoms with Crippen LogP contribution in [0.25, 0.3) is 17.3 Å². The molecule has 3 aromatic rings. The number of carbonyl (C=O) groups is 1. The molecular weight excluding hydrogens is 420 g/mol. The Labute approximate surface area is 192 Å². The van der Waals surface area contributed by atoms with Gasteiger partial charge in [0.25, 0.3) is 17.0 Å². The van der Waals surface area contributed by atoms with Crippen LogP contribution in [0.2, 0.25) is 0 Å². The summed E-state index contributed by atoms with van der Waals surface area (Å²) in [4.78, 5) is 18.7. The maximum Gasteiger partial charge on any atom is 0.286 e. The minimum Gasteiger partial charge on any atom is -0.854 e. The number of rotatable bonds is 7. The van der Waals surface area contributed by atoms with Crippen molar-refractivity contribution >= 4 is 29.4 Å². The molecule has 0 bridgehead atoms. The van der Waals surface area contributed by atoms with Gasteiger partial charge in [-0.25, -0.2) is 9.88 Å². The molecule has 0 radical (unpaired) electrons. The number of amides is 1. The van der Waals surface area contributed by atoms with Crippen molar-refractivity contribution in [2.45, 2.75) is 44.4 Å². The molecule has 0 aliphatic carbocycles.